The molecule has 1 heterocycles. The van der Waals surface area contributed by atoms with Crippen LogP contribution in [-0.4, -0.2) is 28.0 Å². The van der Waals surface area contributed by atoms with Crippen molar-refractivity contribution in [1.82, 2.24) is 4.98 Å². The molecule has 74 valence electrons. The Hall–Kier alpha value is -0.814. The summed E-state index contributed by atoms with van der Waals surface area (Å²) in [4.78, 5) is 4.06. The molecule has 0 saturated carbocycles. The zero-order valence-corrected chi connectivity index (χ0v) is 9.17. The normalized spacial score (nSPS) is 9.07. The fourth-order valence-electron chi connectivity index (χ4n) is 0.964. The van der Waals surface area contributed by atoms with Crippen LogP contribution in [0.25, 0.3) is 10.9 Å². The minimum Gasteiger partial charge on any atom is -0.386 e. The van der Waals surface area contributed by atoms with Crippen LogP contribution in [-0.2, 0) is 0 Å². The Bertz CT molecular complexity index is 327. The van der Waals surface area contributed by atoms with Crippen molar-refractivity contribution in [3.8, 4) is 0 Å². The number of hydrogen-bond acceptors (Lipinski definition) is 1. The topological polar surface area (TPSA) is 12.9 Å². The number of halogens is 3. The van der Waals surface area contributed by atoms with E-state index in [9.17, 15) is 13.2 Å². The SMILES string of the molecule is F[C-](F)F.[Mg+2].[c-]1ccc2ccccc2n1. The molecular weight excluding hydrogens is 215 g/mol. The number of pyridine rings is 1. The van der Waals surface area contributed by atoms with Crippen molar-refractivity contribution in [3.63, 3.8) is 0 Å². The zero-order chi connectivity index (χ0) is 10.4. The zero-order valence-electron chi connectivity index (χ0n) is 7.75. The third kappa shape index (κ3) is 5.59. The molecule has 2 rings (SSSR count). The first-order chi connectivity index (χ1) is 6.70. The summed E-state index contributed by atoms with van der Waals surface area (Å²) in [6, 6.07) is 11.8. The van der Waals surface area contributed by atoms with E-state index in [1.807, 2.05) is 36.4 Å². The molecule has 1 aromatic carbocycles. The van der Waals surface area contributed by atoms with E-state index in [0.29, 0.717) is 0 Å². The Balaban J connectivity index is 0.000000346. The minimum absolute atomic E-state index is 0. The second kappa shape index (κ2) is 7.47. The minimum atomic E-state index is -3.08. The van der Waals surface area contributed by atoms with E-state index in [4.69, 9.17) is 0 Å². The molecule has 0 aliphatic carbocycles. The van der Waals surface area contributed by atoms with Crippen LogP contribution < -0.4 is 0 Å². The first-order valence-electron chi connectivity index (χ1n) is 3.75. The number of fused-ring (bicyclic) bond motifs is 1. The second-order valence-corrected chi connectivity index (χ2v) is 2.35. The van der Waals surface area contributed by atoms with Crippen molar-refractivity contribution in [2.24, 2.45) is 0 Å². The molecule has 0 N–H and O–H groups in total. The molecule has 0 aliphatic heterocycles. The Morgan fingerprint density at radius 2 is 1.67 bits per heavy atom. The van der Waals surface area contributed by atoms with Gasteiger partial charge in [0.1, 0.15) is 0 Å². The largest absolute Gasteiger partial charge is 2.00 e. The maximum atomic E-state index is 9.58. The van der Waals surface area contributed by atoms with Crippen LogP contribution in [0.2, 0.25) is 0 Å². The molecule has 5 heteroatoms. The smallest absolute Gasteiger partial charge is 0.386 e. The van der Waals surface area contributed by atoms with Gasteiger partial charge in [-0.1, -0.05) is 30.5 Å². The third-order valence-electron chi connectivity index (χ3n) is 1.46. The van der Waals surface area contributed by atoms with E-state index >= 15 is 0 Å². The van der Waals surface area contributed by atoms with E-state index in [2.05, 4.69) is 11.2 Å². The van der Waals surface area contributed by atoms with Gasteiger partial charge in [-0.25, -0.2) is 0 Å². The molecule has 1 aromatic heterocycles. The second-order valence-electron chi connectivity index (χ2n) is 2.35. The monoisotopic (exact) mass is 221 g/mol. The van der Waals surface area contributed by atoms with Gasteiger partial charge in [0.05, 0.1) is 0 Å². The molecule has 15 heavy (non-hydrogen) atoms. The molecule has 0 bridgehead atoms. The maximum Gasteiger partial charge on any atom is 2.00 e. The summed E-state index contributed by atoms with van der Waals surface area (Å²) in [5.74, 6) is 0. The van der Waals surface area contributed by atoms with Crippen LogP contribution >= 0.6 is 0 Å². The van der Waals surface area contributed by atoms with E-state index in [0.717, 1.165) is 5.52 Å². The predicted octanol–water partition coefficient (Wildman–Crippen LogP) is 3.00. The molecule has 2 aromatic rings. The van der Waals surface area contributed by atoms with Gasteiger partial charge in [-0.3, -0.25) is 0 Å². The van der Waals surface area contributed by atoms with Crippen LogP contribution in [0.4, 0.5) is 13.2 Å². The van der Waals surface area contributed by atoms with Crippen LogP contribution in [0.1, 0.15) is 0 Å². The average molecular weight is 221 g/mol. The van der Waals surface area contributed by atoms with Gasteiger partial charge in [0, 0.05) is 0 Å². The standard InChI is InChI=1S/C9H6N.CF3.Mg/c1-2-6-9-8(4-1)5-3-7-10-9;2-1(3)4;/h1-6H;;/q2*-1;+2. The predicted molar refractivity (Wildman–Crippen MR) is 52.9 cm³/mol. The van der Waals surface area contributed by atoms with Gasteiger partial charge < -0.3 is 18.2 Å². The summed E-state index contributed by atoms with van der Waals surface area (Å²) >= 11 is 0. The summed E-state index contributed by atoms with van der Waals surface area (Å²) in [6.45, 7) is -3.08. The summed E-state index contributed by atoms with van der Waals surface area (Å²) in [5.41, 5.74) is 1.00. The van der Waals surface area contributed by atoms with Crippen molar-refractivity contribution in [2.75, 3.05) is 0 Å². The van der Waals surface area contributed by atoms with Gasteiger partial charge in [-0.2, -0.15) is 12.1 Å². The average Bonchev–Trinajstić information content (AvgIpc) is 2.17. The van der Waals surface area contributed by atoms with Crippen molar-refractivity contribution in [3.05, 3.63) is 49.3 Å². The number of para-hydroxylation sites is 1. The van der Waals surface area contributed by atoms with Gasteiger partial charge in [0.15, 0.2) is 6.68 Å². The Kier molecular flexibility index (Phi) is 7.07. The first-order valence-corrected chi connectivity index (χ1v) is 3.75. The number of nitrogens with zero attached hydrogens (tertiary/aromatic N) is 1. The molecule has 0 fully saturated rings. The van der Waals surface area contributed by atoms with Crippen LogP contribution in [0.3, 0.4) is 0 Å². The van der Waals surface area contributed by atoms with Crippen molar-refractivity contribution >= 4 is 34.0 Å². The van der Waals surface area contributed by atoms with Crippen LogP contribution in [0.5, 0.6) is 0 Å². The van der Waals surface area contributed by atoms with E-state index in [-0.39, 0.29) is 23.1 Å². The van der Waals surface area contributed by atoms with Gasteiger partial charge in [0.2, 0.25) is 0 Å². The Morgan fingerprint density at radius 3 is 2.27 bits per heavy atom. The Morgan fingerprint density at radius 1 is 1.07 bits per heavy atom. The van der Waals surface area contributed by atoms with Gasteiger partial charge in [0.25, 0.3) is 0 Å². The number of benzene rings is 1. The van der Waals surface area contributed by atoms with E-state index in [1.54, 1.807) is 0 Å². The third-order valence-corrected chi connectivity index (χ3v) is 1.46. The van der Waals surface area contributed by atoms with Gasteiger partial charge in [-0.15, -0.1) is 5.39 Å². The van der Waals surface area contributed by atoms with Crippen molar-refractivity contribution < 1.29 is 13.2 Å². The molecular formula is C10H6F3MgN. The quantitative estimate of drug-likeness (QED) is 0.492. The van der Waals surface area contributed by atoms with Gasteiger partial charge >= 0.3 is 23.1 Å². The summed E-state index contributed by atoms with van der Waals surface area (Å²) in [6.07, 6.45) is 2.79. The van der Waals surface area contributed by atoms with Crippen LogP contribution in [0, 0.1) is 12.9 Å². The molecule has 0 radical (unpaired) electrons. The van der Waals surface area contributed by atoms with Crippen molar-refractivity contribution in [1.29, 1.82) is 0 Å². The van der Waals surface area contributed by atoms with E-state index in [1.165, 1.54) is 5.39 Å². The fourth-order valence-corrected chi connectivity index (χ4v) is 0.964. The molecule has 0 amide bonds. The molecule has 1 nitrogen and oxygen atoms in total. The van der Waals surface area contributed by atoms with Crippen LogP contribution in [0.15, 0.2) is 36.4 Å². The first kappa shape index (κ1) is 14.2. The summed E-state index contributed by atoms with van der Waals surface area (Å²) in [5, 5.41) is 1.17. The number of hydrogen-bond donors (Lipinski definition) is 0. The maximum absolute atomic E-state index is 9.58. The number of rotatable bonds is 0. The van der Waals surface area contributed by atoms with Crippen molar-refractivity contribution in [2.45, 2.75) is 0 Å². The molecule has 0 atom stereocenters. The summed E-state index contributed by atoms with van der Waals surface area (Å²) in [7, 11) is 0. The molecule has 0 spiro atoms. The summed E-state index contributed by atoms with van der Waals surface area (Å²) < 4.78 is 28.8. The molecule has 0 saturated heterocycles. The van der Waals surface area contributed by atoms with E-state index < -0.39 is 6.68 Å². The molecule has 0 aliphatic rings. The number of aromatic nitrogens is 1. The molecule has 0 unspecified atom stereocenters. The Labute approximate surface area is 101 Å². The van der Waals surface area contributed by atoms with Gasteiger partial charge in [-0.05, 0) is 5.52 Å². The fraction of sp³-hybridized carbons (Fsp3) is 0.